The van der Waals surface area contributed by atoms with Crippen LogP contribution in [0.25, 0.3) is 0 Å². The predicted octanol–water partition coefficient (Wildman–Crippen LogP) is 2.76. The summed E-state index contributed by atoms with van der Waals surface area (Å²) in [4.78, 5) is 38.0. The van der Waals surface area contributed by atoms with Crippen LogP contribution in [0.4, 0.5) is 0 Å². The van der Waals surface area contributed by atoms with Crippen molar-refractivity contribution in [3.8, 4) is 5.75 Å². The van der Waals surface area contributed by atoms with Crippen molar-refractivity contribution in [2.45, 2.75) is 25.9 Å². The van der Waals surface area contributed by atoms with E-state index in [4.69, 9.17) is 31.4 Å². The molecule has 2 aliphatic rings. The van der Waals surface area contributed by atoms with E-state index in [2.05, 4.69) is 39.0 Å². The highest BCUT2D eigenvalue weighted by molar-refractivity contribution is 6.30. The molecule has 3 N–H and O–H groups in total. The van der Waals surface area contributed by atoms with Gasteiger partial charge in [-0.25, -0.2) is 9.59 Å². The summed E-state index contributed by atoms with van der Waals surface area (Å²) in [5.74, 6) is -2.93. The van der Waals surface area contributed by atoms with Gasteiger partial charge in [-0.3, -0.25) is 14.6 Å². The van der Waals surface area contributed by atoms with Crippen LogP contribution in [0, 0.1) is 5.92 Å². The molecule has 194 valence electrons. The molecule has 2 aromatic rings. The highest BCUT2D eigenvalue weighted by atomic mass is 35.5. The Morgan fingerprint density at radius 2 is 1.39 bits per heavy atom. The number of piperazine rings is 1. The number of carboxylic acids is 2. The van der Waals surface area contributed by atoms with Gasteiger partial charge in [0.05, 0.1) is 0 Å². The molecular weight excluding hydrogens is 486 g/mol. The van der Waals surface area contributed by atoms with Crippen LogP contribution in [0.15, 0.2) is 48.5 Å². The van der Waals surface area contributed by atoms with Gasteiger partial charge in [-0.2, -0.15) is 0 Å². The van der Waals surface area contributed by atoms with Crippen molar-refractivity contribution in [3.63, 3.8) is 0 Å². The molecule has 0 saturated carbocycles. The minimum Gasteiger partial charge on any atom is -0.508 e. The highest BCUT2D eigenvalue weighted by Crippen LogP contribution is 2.26. The van der Waals surface area contributed by atoms with Crippen molar-refractivity contribution in [2.24, 2.45) is 5.92 Å². The van der Waals surface area contributed by atoms with Crippen LogP contribution in [-0.2, 0) is 27.5 Å². The Kier molecular flexibility index (Phi) is 10.1. The summed E-state index contributed by atoms with van der Waals surface area (Å²) in [5.41, 5.74) is 2.18. The molecule has 4 rings (SSSR count). The third kappa shape index (κ3) is 8.22. The van der Waals surface area contributed by atoms with Gasteiger partial charge in [-0.05, 0) is 49.7 Å². The zero-order chi connectivity index (χ0) is 26.1. The molecule has 2 heterocycles. The fraction of sp³-hybridized carbons (Fsp3) is 0.423. The number of rotatable bonds is 5. The first-order valence-corrected chi connectivity index (χ1v) is 12.3. The summed E-state index contributed by atoms with van der Waals surface area (Å²) >= 11 is 6.06. The second-order valence-corrected chi connectivity index (χ2v) is 9.46. The second kappa shape index (κ2) is 13.2. The van der Waals surface area contributed by atoms with E-state index in [1.807, 2.05) is 12.1 Å². The van der Waals surface area contributed by atoms with E-state index in [1.54, 1.807) is 12.1 Å². The minimum absolute atomic E-state index is 0.120. The standard InChI is InChI=1S/C24H30ClN3O2.C2H2O4/c25-22-6-7-23(29)21(16-22)18-26-10-8-20(9-11-26)24(30)28-14-12-27(13-15-28)17-19-4-2-1-3-5-19;3-1(4)2(5)6/h1-7,16,20,29H,8-15,17-18H2;(H,3,4)(H,5,6). The maximum absolute atomic E-state index is 13.0. The number of phenols is 1. The quantitative estimate of drug-likeness (QED) is 0.518. The number of benzene rings is 2. The first-order valence-electron chi connectivity index (χ1n) is 11.9. The van der Waals surface area contributed by atoms with E-state index in [1.165, 1.54) is 5.56 Å². The number of hydrogen-bond donors (Lipinski definition) is 3. The van der Waals surface area contributed by atoms with E-state index in [0.717, 1.165) is 64.2 Å². The van der Waals surface area contributed by atoms with Crippen molar-refractivity contribution in [2.75, 3.05) is 39.3 Å². The van der Waals surface area contributed by atoms with Crippen LogP contribution < -0.4 is 0 Å². The highest BCUT2D eigenvalue weighted by Gasteiger charge is 2.30. The number of aliphatic carboxylic acids is 2. The molecule has 0 aliphatic carbocycles. The lowest BCUT2D eigenvalue weighted by Gasteiger charge is -2.38. The average Bonchev–Trinajstić information content (AvgIpc) is 2.88. The molecule has 0 unspecified atom stereocenters. The molecule has 2 aromatic carbocycles. The van der Waals surface area contributed by atoms with E-state index < -0.39 is 11.9 Å². The van der Waals surface area contributed by atoms with Crippen LogP contribution in [0.1, 0.15) is 24.0 Å². The third-order valence-electron chi connectivity index (χ3n) is 6.49. The van der Waals surface area contributed by atoms with E-state index >= 15 is 0 Å². The number of carbonyl (C=O) groups is 3. The second-order valence-electron chi connectivity index (χ2n) is 9.02. The molecule has 9 nitrogen and oxygen atoms in total. The summed E-state index contributed by atoms with van der Waals surface area (Å²) in [7, 11) is 0. The Labute approximate surface area is 215 Å². The lowest BCUT2D eigenvalue weighted by atomic mass is 9.94. The Morgan fingerprint density at radius 1 is 0.806 bits per heavy atom. The number of phenolic OH excluding ortho intramolecular Hbond substituents is 1. The normalized spacial score (nSPS) is 17.2. The number of hydrogen-bond acceptors (Lipinski definition) is 6. The molecule has 0 radical (unpaired) electrons. The van der Waals surface area contributed by atoms with Gasteiger partial charge in [-0.15, -0.1) is 0 Å². The maximum Gasteiger partial charge on any atom is 0.414 e. The zero-order valence-electron chi connectivity index (χ0n) is 20.1. The predicted molar refractivity (Wildman–Crippen MR) is 135 cm³/mol. The van der Waals surface area contributed by atoms with Crippen molar-refractivity contribution in [3.05, 3.63) is 64.7 Å². The van der Waals surface area contributed by atoms with Gasteiger partial charge in [-0.1, -0.05) is 41.9 Å². The summed E-state index contributed by atoms with van der Waals surface area (Å²) in [6, 6.07) is 15.7. The molecule has 2 saturated heterocycles. The van der Waals surface area contributed by atoms with Crippen LogP contribution in [0.2, 0.25) is 5.02 Å². The molecule has 0 spiro atoms. The third-order valence-corrected chi connectivity index (χ3v) is 6.72. The van der Waals surface area contributed by atoms with Crippen molar-refractivity contribution >= 4 is 29.4 Å². The Bertz CT molecular complexity index is 1020. The molecule has 0 bridgehead atoms. The molecule has 0 aromatic heterocycles. The first kappa shape index (κ1) is 27.4. The fourth-order valence-electron chi connectivity index (χ4n) is 4.49. The van der Waals surface area contributed by atoms with Crippen molar-refractivity contribution < 1.29 is 29.7 Å². The monoisotopic (exact) mass is 517 g/mol. The minimum atomic E-state index is -1.82. The van der Waals surface area contributed by atoms with Gasteiger partial charge in [0.1, 0.15) is 5.75 Å². The van der Waals surface area contributed by atoms with Gasteiger partial charge in [0.2, 0.25) is 5.91 Å². The summed E-state index contributed by atoms with van der Waals surface area (Å²) in [6.45, 7) is 6.89. The molecule has 36 heavy (non-hydrogen) atoms. The number of likely N-dealkylation sites (tertiary alicyclic amines) is 1. The van der Waals surface area contributed by atoms with Crippen molar-refractivity contribution in [1.29, 1.82) is 0 Å². The molecule has 1 amide bonds. The Hall–Kier alpha value is -3.14. The largest absolute Gasteiger partial charge is 0.508 e. The van der Waals surface area contributed by atoms with Crippen LogP contribution >= 0.6 is 11.6 Å². The van der Waals surface area contributed by atoms with Crippen LogP contribution in [-0.4, -0.2) is 87.1 Å². The number of aromatic hydroxyl groups is 1. The molecule has 10 heteroatoms. The number of carboxylic acid groups (broad SMARTS) is 2. The summed E-state index contributed by atoms with van der Waals surface area (Å²) in [6.07, 6.45) is 1.76. The van der Waals surface area contributed by atoms with Crippen LogP contribution in [0.5, 0.6) is 5.75 Å². The van der Waals surface area contributed by atoms with Crippen molar-refractivity contribution in [1.82, 2.24) is 14.7 Å². The lowest BCUT2D eigenvalue weighted by molar-refractivity contribution is -0.159. The molecular formula is C26H32ClN3O6. The average molecular weight is 518 g/mol. The van der Waals surface area contributed by atoms with Crippen LogP contribution in [0.3, 0.4) is 0 Å². The number of nitrogens with zero attached hydrogens (tertiary/aromatic N) is 3. The summed E-state index contributed by atoms with van der Waals surface area (Å²) < 4.78 is 0. The first-order chi connectivity index (χ1) is 17.2. The fourth-order valence-corrected chi connectivity index (χ4v) is 4.68. The number of amides is 1. The van der Waals surface area contributed by atoms with Gasteiger partial charge in [0, 0.05) is 55.8 Å². The molecule has 0 atom stereocenters. The van der Waals surface area contributed by atoms with E-state index in [-0.39, 0.29) is 11.7 Å². The topological polar surface area (TPSA) is 122 Å². The van der Waals surface area contributed by atoms with Gasteiger partial charge >= 0.3 is 11.9 Å². The molecule has 2 fully saturated rings. The zero-order valence-corrected chi connectivity index (χ0v) is 20.8. The Balaban J connectivity index is 0.000000538. The smallest absolute Gasteiger partial charge is 0.414 e. The molecule has 2 aliphatic heterocycles. The maximum atomic E-state index is 13.0. The SMILES string of the molecule is O=C(C1CCN(Cc2cc(Cl)ccc2O)CC1)N1CCN(Cc2ccccc2)CC1.O=C(O)C(=O)O. The summed E-state index contributed by atoms with van der Waals surface area (Å²) in [5, 5.41) is 25.5. The van der Waals surface area contributed by atoms with E-state index in [0.29, 0.717) is 17.5 Å². The Morgan fingerprint density at radius 3 is 1.97 bits per heavy atom. The number of piperidine rings is 1. The number of carbonyl (C=O) groups excluding carboxylic acids is 1. The van der Waals surface area contributed by atoms with Gasteiger partial charge in [0.15, 0.2) is 0 Å². The van der Waals surface area contributed by atoms with Gasteiger partial charge < -0.3 is 20.2 Å². The van der Waals surface area contributed by atoms with Gasteiger partial charge in [0.25, 0.3) is 0 Å². The lowest BCUT2D eigenvalue weighted by Crippen LogP contribution is -2.51. The number of halogens is 1. The van der Waals surface area contributed by atoms with E-state index in [9.17, 15) is 9.90 Å².